The standard InChI is InChI=1S/C25H31NO3/c1-26(2)17-22-12-11-19(13-18-7-5-9-21(14-18)25(27)29-4)15-24(22)20-8-6-10-23(16-20)28-3/h5-10,13-14,16,22,24H,11-12,15,17H2,1-4H3/t22-,24+/m0/s1. The predicted molar refractivity (Wildman–Crippen MR) is 117 cm³/mol. The molecule has 154 valence electrons. The van der Waals surface area contributed by atoms with E-state index < -0.39 is 0 Å². The van der Waals surface area contributed by atoms with Crippen LogP contribution in [0.1, 0.15) is 46.7 Å². The van der Waals surface area contributed by atoms with Gasteiger partial charge in [0.15, 0.2) is 0 Å². The Kier molecular flexibility index (Phi) is 7.10. The SMILES string of the molecule is COC(=O)c1cccc(C=C2CC[C@@H](CN(C)C)[C@@H](c3cccc(OC)c3)C2)c1. The largest absolute Gasteiger partial charge is 0.497 e. The van der Waals surface area contributed by atoms with Crippen LogP contribution in [-0.4, -0.2) is 45.7 Å². The predicted octanol–water partition coefficient (Wildman–Crippen LogP) is 5.01. The van der Waals surface area contributed by atoms with Gasteiger partial charge in [-0.15, -0.1) is 0 Å². The van der Waals surface area contributed by atoms with Gasteiger partial charge in [-0.3, -0.25) is 0 Å². The third kappa shape index (κ3) is 5.48. The lowest BCUT2D eigenvalue weighted by atomic mass is 9.73. The van der Waals surface area contributed by atoms with E-state index in [2.05, 4.69) is 43.3 Å². The maximum absolute atomic E-state index is 11.8. The van der Waals surface area contributed by atoms with Crippen LogP contribution in [0.2, 0.25) is 0 Å². The first-order chi connectivity index (χ1) is 14.0. The highest BCUT2D eigenvalue weighted by molar-refractivity contribution is 5.90. The average Bonchev–Trinajstić information content (AvgIpc) is 2.74. The first-order valence-corrected chi connectivity index (χ1v) is 10.2. The number of carbonyl (C=O) groups is 1. The number of benzene rings is 2. The second kappa shape index (κ2) is 9.75. The molecule has 0 amide bonds. The van der Waals surface area contributed by atoms with Crippen molar-refractivity contribution in [3.8, 4) is 5.75 Å². The molecule has 0 aromatic heterocycles. The zero-order chi connectivity index (χ0) is 20.8. The number of ether oxygens (including phenoxy) is 2. The Hall–Kier alpha value is -2.59. The zero-order valence-corrected chi connectivity index (χ0v) is 17.9. The van der Waals surface area contributed by atoms with Crippen molar-refractivity contribution in [2.24, 2.45) is 5.92 Å². The van der Waals surface area contributed by atoms with Crippen molar-refractivity contribution in [3.05, 3.63) is 70.8 Å². The number of methoxy groups -OCH3 is 2. The fourth-order valence-electron chi connectivity index (χ4n) is 4.31. The van der Waals surface area contributed by atoms with Crippen molar-refractivity contribution in [2.75, 3.05) is 34.9 Å². The van der Waals surface area contributed by atoms with Crippen LogP contribution in [0.15, 0.2) is 54.1 Å². The van der Waals surface area contributed by atoms with Crippen molar-refractivity contribution in [1.82, 2.24) is 4.90 Å². The molecule has 1 saturated carbocycles. The van der Waals surface area contributed by atoms with Gasteiger partial charge in [0.25, 0.3) is 0 Å². The molecular formula is C25H31NO3. The number of allylic oxidation sites excluding steroid dienone is 1. The van der Waals surface area contributed by atoms with E-state index in [9.17, 15) is 4.79 Å². The molecule has 0 radical (unpaired) electrons. The number of hydrogen-bond donors (Lipinski definition) is 0. The second-order valence-corrected chi connectivity index (χ2v) is 8.07. The topological polar surface area (TPSA) is 38.8 Å². The molecule has 0 aliphatic heterocycles. The second-order valence-electron chi connectivity index (χ2n) is 8.07. The summed E-state index contributed by atoms with van der Waals surface area (Å²) < 4.78 is 10.3. The van der Waals surface area contributed by atoms with Crippen LogP contribution in [0, 0.1) is 5.92 Å². The summed E-state index contributed by atoms with van der Waals surface area (Å²) in [6, 6.07) is 16.1. The highest BCUT2D eigenvalue weighted by Gasteiger charge is 2.29. The molecule has 29 heavy (non-hydrogen) atoms. The molecule has 1 fully saturated rings. The minimum Gasteiger partial charge on any atom is -0.497 e. The van der Waals surface area contributed by atoms with Gasteiger partial charge in [-0.25, -0.2) is 4.79 Å². The van der Waals surface area contributed by atoms with Crippen molar-refractivity contribution < 1.29 is 14.3 Å². The molecule has 0 saturated heterocycles. The Balaban J connectivity index is 1.87. The lowest BCUT2D eigenvalue weighted by Gasteiger charge is -2.35. The minimum absolute atomic E-state index is 0.297. The van der Waals surface area contributed by atoms with Gasteiger partial charge < -0.3 is 14.4 Å². The lowest BCUT2D eigenvalue weighted by Crippen LogP contribution is -2.29. The third-order valence-electron chi connectivity index (χ3n) is 5.69. The molecule has 0 bridgehead atoms. The van der Waals surface area contributed by atoms with E-state index in [-0.39, 0.29) is 5.97 Å². The van der Waals surface area contributed by atoms with Gasteiger partial charge in [-0.1, -0.05) is 35.9 Å². The van der Waals surface area contributed by atoms with Crippen molar-refractivity contribution in [1.29, 1.82) is 0 Å². The Morgan fingerprint density at radius 1 is 1.14 bits per heavy atom. The molecule has 1 aliphatic carbocycles. The maximum Gasteiger partial charge on any atom is 0.337 e. The van der Waals surface area contributed by atoms with Crippen LogP contribution in [0.25, 0.3) is 6.08 Å². The van der Waals surface area contributed by atoms with Crippen LogP contribution in [-0.2, 0) is 4.74 Å². The normalized spacial score (nSPS) is 20.7. The highest BCUT2D eigenvalue weighted by atomic mass is 16.5. The summed E-state index contributed by atoms with van der Waals surface area (Å²) >= 11 is 0. The minimum atomic E-state index is -0.297. The number of carbonyl (C=O) groups excluding carboxylic acids is 1. The van der Waals surface area contributed by atoms with Crippen LogP contribution < -0.4 is 4.74 Å². The Morgan fingerprint density at radius 3 is 2.66 bits per heavy atom. The van der Waals surface area contributed by atoms with Crippen LogP contribution in [0.4, 0.5) is 0 Å². The molecular weight excluding hydrogens is 362 g/mol. The summed E-state index contributed by atoms with van der Waals surface area (Å²) in [6.45, 7) is 1.08. The molecule has 3 rings (SSSR count). The zero-order valence-electron chi connectivity index (χ0n) is 17.9. The Bertz CT molecular complexity index is 872. The molecule has 2 aromatic carbocycles. The fraction of sp³-hybridized carbons (Fsp3) is 0.400. The van der Waals surface area contributed by atoms with Gasteiger partial charge in [0, 0.05) is 6.54 Å². The van der Waals surface area contributed by atoms with Gasteiger partial charge in [0.05, 0.1) is 19.8 Å². The summed E-state index contributed by atoms with van der Waals surface area (Å²) in [5.41, 5.74) is 4.41. The first kappa shape index (κ1) is 21.1. The Morgan fingerprint density at radius 2 is 1.93 bits per heavy atom. The van der Waals surface area contributed by atoms with E-state index in [1.807, 2.05) is 24.3 Å². The fourth-order valence-corrected chi connectivity index (χ4v) is 4.31. The summed E-state index contributed by atoms with van der Waals surface area (Å²) in [4.78, 5) is 14.1. The van der Waals surface area contributed by atoms with Gasteiger partial charge in [-0.05, 0) is 80.6 Å². The maximum atomic E-state index is 11.8. The summed E-state index contributed by atoms with van der Waals surface area (Å²) in [7, 11) is 7.42. The van der Waals surface area contributed by atoms with Crippen LogP contribution in [0.5, 0.6) is 5.75 Å². The number of hydrogen-bond acceptors (Lipinski definition) is 4. The molecule has 4 heteroatoms. The monoisotopic (exact) mass is 393 g/mol. The molecule has 0 heterocycles. The van der Waals surface area contributed by atoms with E-state index in [0.29, 0.717) is 17.4 Å². The Labute approximate surface area is 174 Å². The third-order valence-corrected chi connectivity index (χ3v) is 5.69. The van der Waals surface area contributed by atoms with Gasteiger partial charge in [0.1, 0.15) is 5.75 Å². The van der Waals surface area contributed by atoms with E-state index in [0.717, 1.165) is 37.1 Å². The van der Waals surface area contributed by atoms with E-state index in [1.165, 1.54) is 18.2 Å². The van der Waals surface area contributed by atoms with Crippen molar-refractivity contribution in [2.45, 2.75) is 25.2 Å². The van der Waals surface area contributed by atoms with E-state index in [1.54, 1.807) is 13.2 Å². The first-order valence-electron chi connectivity index (χ1n) is 10.2. The van der Waals surface area contributed by atoms with Crippen LogP contribution >= 0.6 is 0 Å². The van der Waals surface area contributed by atoms with Crippen molar-refractivity contribution >= 4 is 12.0 Å². The summed E-state index contributed by atoms with van der Waals surface area (Å²) in [5, 5.41) is 0. The average molecular weight is 394 g/mol. The summed E-state index contributed by atoms with van der Waals surface area (Å²) in [5.74, 6) is 1.68. The quantitative estimate of drug-likeness (QED) is 0.647. The molecule has 1 aliphatic rings. The van der Waals surface area contributed by atoms with E-state index in [4.69, 9.17) is 9.47 Å². The van der Waals surface area contributed by atoms with Crippen molar-refractivity contribution in [3.63, 3.8) is 0 Å². The molecule has 2 atom stereocenters. The molecule has 0 N–H and O–H groups in total. The van der Waals surface area contributed by atoms with Crippen LogP contribution in [0.3, 0.4) is 0 Å². The summed E-state index contributed by atoms with van der Waals surface area (Å²) in [6.07, 6.45) is 5.50. The lowest BCUT2D eigenvalue weighted by molar-refractivity contribution is 0.0600. The molecule has 4 nitrogen and oxygen atoms in total. The van der Waals surface area contributed by atoms with Gasteiger partial charge >= 0.3 is 5.97 Å². The molecule has 2 aromatic rings. The number of nitrogens with zero attached hydrogens (tertiary/aromatic N) is 1. The molecule has 0 unspecified atom stereocenters. The van der Waals surface area contributed by atoms with E-state index >= 15 is 0 Å². The highest BCUT2D eigenvalue weighted by Crippen LogP contribution is 2.42. The smallest absolute Gasteiger partial charge is 0.337 e. The number of rotatable bonds is 6. The molecule has 0 spiro atoms. The number of esters is 1. The van der Waals surface area contributed by atoms with Gasteiger partial charge in [-0.2, -0.15) is 0 Å². The van der Waals surface area contributed by atoms with Gasteiger partial charge in [0.2, 0.25) is 0 Å².